The summed E-state index contributed by atoms with van der Waals surface area (Å²) in [5.41, 5.74) is 0. The number of fused-ring (bicyclic) bond motifs is 1. The SMILES string of the molecule is O=S(=O)(C1CC1)N1CCO[C@H]2CN(Cc3cccs3)C[C@H]2C1. The van der Waals surface area contributed by atoms with Gasteiger partial charge in [0.15, 0.2) is 0 Å². The van der Waals surface area contributed by atoms with Crippen LogP contribution >= 0.6 is 11.3 Å². The van der Waals surface area contributed by atoms with Gasteiger partial charge in [0.25, 0.3) is 0 Å². The third-order valence-corrected chi connectivity index (χ3v) is 8.06. The van der Waals surface area contributed by atoms with E-state index >= 15 is 0 Å². The number of thiophene rings is 1. The van der Waals surface area contributed by atoms with E-state index in [1.54, 1.807) is 15.6 Å². The number of sulfonamides is 1. The second-order valence-corrected chi connectivity index (χ2v) is 9.79. The van der Waals surface area contributed by atoms with E-state index in [-0.39, 0.29) is 11.4 Å². The molecule has 0 spiro atoms. The first-order valence-electron chi connectivity index (χ1n) is 7.98. The van der Waals surface area contributed by atoms with Crippen molar-refractivity contribution in [1.29, 1.82) is 0 Å². The molecule has 3 fully saturated rings. The molecule has 3 aliphatic rings. The highest BCUT2D eigenvalue weighted by Gasteiger charge is 2.44. The van der Waals surface area contributed by atoms with Crippen LogP contribution < -0.4 is 0 Å². The van der Waals surface area contributed by atoms with Crippen LogP contribution in [-0.4, -0.2) is 61.8 Å². The minimum Gasteiger partial charge on any atom is -0.375 e. The first-order chi connectivity index (χ1) is 10.6. The number of likely N-dealkylation sites (tertiary alicyclic amines) is 1. The van der Waals surface area contributed by atoms with Gasteiger partial charge >= 0.3 is 0 Å². The topological polar surface area (TPSA) is 49.9 Å². The van der Waals surface area contributed by atoms with Crippen LogP contribution in [0.15, 0.2) is 17.5 Å². The van der Waals surface area contributed by atoms with Crippen molar-refractivity contribution < 1.29 is 13.2 Å². The molecule has 0 unspecified atom stereocenters. The van der Waals surface area contributed by atoms with E-state index < -0.39 is 10.0 Å². The monoisotopic (exact) mass is 342 g/mol. The first kappa shape index (κ1) is 15.1. The summed E-state index contributed by atoms with van der Waals surface area (Å²) in [6.45, 7) is 4.48. The average Bonchev–Trinajstić information content (AvgIpc) is 3.18. The van der Waals surface area contributed by atoms with Gasteiger partial charge in [-0.3, -0.25) is 4.90 Å². The second kappa shape index (κ2) is 5.87. The molecule has 0 N–H and O–H groups in total. The Bertz CT molecular complexity index is 613. The Labute approximate surface area is 135 Å². The molecule has 1 aromatic heterocycles. The van der Waals surface area contributed by atoms with Gasteiger partial charge in [0, 0.05) is 43.5 Å². The van der Waals surface area contributed by atoms with Crippen LogP contribution in [0.5, 0.6) is 0 Å². The van der Waals surface area contributed by atoms with Crippen molar-refractivity contribution in [2.75, 3.05) is 32.8 Å². The number of nitrogens with zero attached hydrogens (tertiary/aromatic N) is 2. The Morgan fingerprint density at radius 2 is 2.14 bits per heavy atom. The Balaban J connectivity index is 1.43. The van der Waals surface area contributed by atoms with Gasteiger partial charge in [-0.2, -0.15) is 4.31 Å². The highest BCUT2D eigenvalue weighted by molar-refractivity contribution is 7.90. The maximum atomic E-state index is 12.5. The molecule has 2 atom stereocenters. The second-order valence-electron chi connectivity index (χ2n) is 6.55. The minimum absolute atomic E-state index is 0.118. The van der Waals surface area contributed by atoms with E-state index in [9.17, 15) is 8.42 Å². The van der Waals surface area contributed by atoms with Gasteiger partial charge in [0.05, 0.1) is 18.0 Å². The smallest absolute Gasteiger partial charge is 0.217 e. The summed E-state index contributed by atoms with van der Waals surface area (Å²) in [6, 6.07) is 4.23. The molecule has 3 heterocycles. The summed E-state index contributed by atoms with van der Waals surface area (Å²) in [5.74, 6) is 0.302. The Morgan fingerprint density at radius 1 is 1.27 bits per heavy atom. The molecule has 0 aromatic carbocycles. The van der Waals surface area contributed by atoms with E-state index in [4.69, 9.17) is 4.74 Å². The minimum atomic E-state index is -3.08. The molecule has 5 nitrogen and oxygen atoms in total. The lowest BCUT2D eigenvalue weighted by molar-refractivity contribution is 0.0519. The fourth-order valence-corrected chi connectivity index (χ4v) is 6.14. The van der Waals surface area contributed by atoms with Crippen molar-refractivity contribution in [3.8, 4) is 0 Å². The number of hydrogen-bond donors (Lipinski definition) is 0. The molecule has 7 heteroatoms. The lowest BCUT2D eigenvalue weighted by Crippen LogP contribution is -2.39. The Kier molecular flexibility index (Phi) is 4.02. The van der Waals surface area contributed by atoms with Gasteiger partial charge in [-0.15, -0.1) is 11.3 Å². The van der Waals surface area contributed by atoms with Gasteiger partial charge in [-0.1, -0.05) is 6.07 Å². The number of ether oxygens (including phenoxy) is 1. The fraction of sp³-hybridized carbons (Fsp3) is 0.733. The van der Waals surface area contributed by atoms with Gasteiger partial charge in [0.1, 0.15) is 0 Å². The number of hydrogen-bond acceptors (Lipinski definition) is 5. The summed E-state index contributed by atoms with van der Waals surface area (Å²) in [6.07, 6.45) is 1.84. The van der Waals surface area contributed by atoms with Gasteiger partial charge < -0.3 is 4.74 Å². The Hall–Kier alpha value is -0.470. The van der Waals surface area contributed by atoms with Crippen LogP contribution in [0.4, 0.5) is 0 Å². The first-order valence-corrected chi connectivity index (χ1v) is 10.4. The highest BCUT2D eigenvalue weighted by Crippen LogP contribution is 2.33. The van der Waals surface area contributed by atoms with Gasteiger partial charge in [-0.25, -0.2) is 8.42 Å². The van der Waals surface area contributed by atoms with Crippen molar-refractivity contribution in [3.05, 3.63) is 22.4 Å². The summed E-state index contributed by atoms with van der Waals surface area (Å²) < 4.78 is 32.6. The van der Waals surface area contributed by atoms with Crippen molar-refractivity contribution in [1.82, 2.24) is 9.21 Å². The largest absolute Gasteiger partial charge is 0.375 e. The highest BCUT2D eigenvalue weighted by atomic mass is 32.2. The molecule has 0 bridgehead atoms. The van der Waals surface area contributed by atoms with Crippen molar-refractivity contribution in [2.45, 2.75) is 30.7 Å². The van der Waals surface area contributed by atoms with Gasteiger partial charge in [-0.05, 0) is 24.3 Å². The van der Waals surface area contributed by atoms with E-state index in [1.807, 2.05) is 0 Å². The zero-order valence-corrected chi connectivity index (χ0v) is 14.2. The molecule has 1 saturated carbocycles. The van der Waals surface area contributed by atoms with Crippen LogP contribution in [0.1, 0.15) is 17.7 Å². The molecule has 2 saturated heterocycles. The summed E-state index contributed by atoms with van der Waals surface area (Å²) in [7, 11) is -3.08. The average molecular weight is 342 g/mol. The van der Waals surface area contributed by atoms with E-state index in [2.05, 4.69) is 22.4 Å². The van der Waals surface area contributed by atoms with Crippen LogP contribution in [0.2, 0.25) is 0 Å². The van der Waals surface area contributed by atoms with Crippen molar-refractivity contribution >= 4 is 21.4 Å². The Morgan fingerprint density at radius 3 is 2.86 bits per heavy atom. The van der Waals surface area contributed by atoms with Crippen molar-refractivity contribution in [2.24, 2.45) is 5.92 Å². The molecule has 1 aliphatic carbocycles. The van der Waals surface area contributed by atoms with Crippen LogP contribution in [-0.2, 0) is 21.3 Å². The molecule has 2 aliphatic heterocycles. The quantitative estimate of drug-likeness (QED) is 0.829. The molecule has 22 heavy (non-hydrogen) atoms. The lowest BCUT2D eigenvalue weighted by Gasteiger charge is -2.23. The summed E-state index contributed by atoms with van der Waals surface area (Å²) in [5, 5.41) is 1.98. The third kappa shape index (κ3) is 2.97. The van der Waals surface area contributed by atoms with Crippen molar-refractivity contribution in [3.63, 3.8) is 0 Å². The predicted molar refractivity (Wildman–Crippen MR) is 86.3 cm³/mol. The zero-order valence-electron chi connectivity index (χ0n) is 12.6. The maximum absolute atomic E-state index is 12.5. The van der Waals surface area contributed by atoms with E-state index in [0.717, 1.165) is 32.5 Å². The summed E-state index contributed by atoms with van der Waals surface area (Å²) in [4.78, 5) is 3.76. The zero-order chi connectivity index (χ0) is 15.2. The van der Waals surface area contributed by atoms with E-state index in [0.29, 0.717) is 25.6 Å². The molecule has 4 rings (SSSR count). The molecule has 122 valence electrons. The van der Waals surface area contributed by atoms with Gasteiger partial charge in [0.2, 0.25) is 10.0 Å². The number of rotatable bonds is 4. The molecular formula is C15H22N2O3S2. The third-order valence-electron chi connectivity index (χ3n) is 4.83. The molecular weight excluding hydrogens is 320 g/mol. The van der Waals surface area contributed by atoms with Crippen LogP contribution in [0.25, 0.3) is 0 Å². The van der Waals surface area contributed by atoms with Crippen LogP contribution in [0.3, 0.4) is 0 Å². The normalized spacial score (nSPS) is 31.1. The predicted octanol–water partition coefficient (Wildman–Crippen LogP) is 1.37. The fourth-order valence-electron chi connectivity index (χ4n) is 3.51. The van der Waals surface area contributed by atoms with E-state index in [1.165, 1.54) is 4.88 Å². The van der Waals surface area contributed by atoms with Crippen LogP contribution in [0, 0.1) is 5.92 Å². The standard InChI is InChI=1S/C15H22N2O3S2/c18-22(19,14-3-4-14)17-5-6-20-15-11-16(8-12(15)9-17)10-13-2-1-7-21-13/h1-2,7,12,14-15H,3-6,8-11H2/t12-,15-/m0/s1. The molecule has 0 radical (unpaired) electrons. The molecule has 0 amide bonds. The lowest BCUT2D eigenvalue weighted by atomic mass is 10.1. The maximum Gasteiger partial charge on any atom is 0.217 e. The summed E-state index contributed by atoms with van der Waals surface area (Å²) >= 11 is 1.78. The molecule has 1 aromatic rings.